The molecule has 26 heavy (non-hydrogen) atoms. The molecular weight excluding hydrogens is 330 g/mol. The topological polar surface area (TPSA) is 80.1 Å². The van der Waals surface area contributed by atoms with Crippen LogP contribution in [0.15, 0.2) is 6.07 Å². The highest BCUT2D eigenvalue weighted by atomic mass is 16.2. The Labute approximate surface area is 153 Å². The van der Waals surface area contributed by atoms with Crippen molar-refractivity contribution in [2.75, 3.05) is 13.1 Å². The Hall–Kier alpha value is -2.44. The largest absolute Gasteiger partial charge is 0.341 e. The Kier molecular flexibility index (Phi) is 5.25. The molecule has 0 saturated carbocycles. The number of carbonyl (C=O) groups is 2. The van der Waals surface area contributed by atoms with Gasteiger partial charge < -0.3 is 10.2 Å². The smallest absolute Gasteiger partial charge is 0.252 e. The molecule has 1 saturated heterocycles. The summed E-state index contributed by atoms with van der Waals surface area (Å²) in [5, 5.41) is 8.11. The molecule has 1 N–H and O–H groups in total. The molecule has 140 valence electrons. The van der Waals surface area contributed by atoms with E-state index in [1.54, 1.807) is 17.7 Å². The molecule has 2 amide bonds. The number of pyridine rings is 1. The number of nitrogens with zero attached hydrogens (tertiary/aromatic N) is 4. The zero-order valence-corrected chi connectivity index (χ0v) is 16.0. The molecule has 2 aromatic heterocycles. The van der Waals surface area contributed by atoms with Crippen LogP contribution < -0.4 is 5.32 Å². The van der Waals surface area contributed by atoms with Gasteiger partial charge in [-0.3, -0.25) is 9.59 Å². The number of likely N-dealkylation sites (tertiary alicyclic amines) is 1. The van der Waals surface area contributed by atoms with Crippen LogP contribution in [0, 0.1) is 13.8 Å². The van der Waals surface area contributed by atoms with Gasteiger partial charge in [0, 0.05) is 25.3 Å². The van der Waals surface area contributed by atoms with Gasteiger partial charge in [-0.05, 0) is 53.0 Å². The average molecular weight is 357 g/mol. The summed E-state index contributed by atoms with van der Waals surface area (Å²) < 4.78 is 1.80. The van der Waals surface area contributed by atoms with Crippen molar-refractivity contribution in [2.45, 2.75) is 59.5 Å². The Morgan fingerprint density at radius 3 is 2.58 bits per heavy atom. The Balaban J connectivity index is 1.85. The zero-order valence-electron chi connectivity index (χ0n) is 16.0. The van der Waals surface area contributed by atoms with Crippen LogP contribution in [0.3, 0.4) is 0 Å². The maximum atomic E-state index is 12.9. The monoisotopic (exact) mass is 357 g/mol. The van der Waals surface area contributed by atoms with E-state index in [-0.39, 0.29) is 11.8 Å². The summed E-state index contributed by atoms with van der Waals surface area (Å²) in [4.78, 5) is 31.9. The molecular formula is C19H27N5O2. The van der Waals surface area contributed by atoms with Crippen LogP contribution in [0.1, 0.15) is 54.9 Å². The van der Waals surface area contributed by atoms with Gasteiger partial charge in [0.25, 0.3) is 5.91 Å². The van der Waals surface area contributed by atoms with Gasteiger partial charge in [0.15, 0.2) is 5.65 Å². The molecule has 0 bridgehead atoms. The summed E-state index contributed by atoms with van der Waals surface area (Å²) in [5.41, 5.74) is 2.77. The van der Waals surface area contributed by atoms with Crippen molar-refractivity contribution in [3.63, 3.8) is 0 Å². The molecule has 0 aromatic carbocycles. The minimum absolute atomic E-state index is 0.0129. The van der Waals surface area contributed by atoms with Crippen molar-refractivity contribution in [3.8, 4) is 0 Å². The van der Waals surface area contributed by atoms with Crippen LogP contribution in [0.4, 0.5) is 0 Å². The van der Waals surface area contributed by atoms with Gasteiger partial charge in [-0.15, -0.1) is 0 Å². The van der Waals surface area contributed by atoms with Crippen LogP contribution in [-0.2, 0) is 11.3 Å². The number of rotatable bonds is 4. The normalized spacial score (nSPS) is 15.9. The molecule has 1 atom stereocenters. The highest BCUT2D eigenvalue weighted by Gasteiger charge is 2.25. The maximum absolute atomic E-state index is 12.9. The number of aryl methyl sites for hydroxylation is 3. The number of carbonyl (C=O) groups excluding carboxylic acids is 2. The lowest BCUT2D eigenvalue weighted by Crippen LogP contribution is -2.48. The second-order valence-corrected chi connectivity index (χ2v) is 6.99. The van der Waals surface area contributed by atoms with Crippen molar-refractivity contribution in [1.82, 2.24) is 25.0 Å². The summed E-state index contributed by atoms with van der Waals surface area (Å²) >= 11 is 0. The fourth-order valence-corrected chi connectivity index (χ4v) is 3.60. The third-order valence-electron chi connectivity index (χ3n) is 4.94. The van der Waals surface area contributed by atoms with Crippen LogP contribution in [0.5, 0.6) is 0 Å². The SMILES string of the molecule is CCn1nc(C)c2c(C(=O)NC(C)C(=O)N3CCCCC3)cc(C)nc21. The first-order valence-electron chi connectivity index (χ1n) is 9.36. The highest BCUT2D eigenvalue weighted by molar-refractivity contribution is 6.07. The van der Waals surface area contributed by atoms with E-state index in [2.05, 4.69) is 15.4 Å². The molecule has 0 radical (unpaired) electrons. The fraction of sp³-hybridized carbons (Fsp3) is 0.579. The van der Waals surface area contributed by atoms with Crippen LogP contribution >= 0.6 is 0 Å². The first-order valence-corrected chi connectivity index (χ1v) is 9.36. The number of piperidine rings is 1. The predicted molar refractivity (Wildman–Crippen MR) is 100 cm³/mol. The van der Waals surface area contributed by atoms with Gasteiger partial charge in [0.05, 0.1) is 16.6 Å². The number of hydrogen-bond donors (Lipinski definition) is 1. The van der Waals surface area contributed by atoms with Gasteiger partial charge in [0.2, 0.25) is 5.91 Å². The van der Waals surface area contributed by atoms with Crippen molar-refractivity contribution in [2.24, 2.45) is 0 Å². The lowest BCUT2D eigenvalue weighted by molar-refractivity contribution is -0.133. The third-order valence-corrected chi connectivity index (χ3v) is 4.94. The molecule has 1 unspecified atom stereocenters. The van der Waals surface area contributed by atoms with Crippen LogP contribution in [-0.4, -0.2) is 50.6 Å². The summed E-state index contributed by atoms with van der Waals surface area (Å²) in [5.74, 6) is -0.266. The van der Waals surface area contributed by atoms with Crippen molar-refractivity contribution >= 4 is 22.8 Å². The van der Waals surface area contributed by atoms with Crippen LogP contribution in [0.25, 0.3) is 11.0 Å². The second kappa shape index (κ2) is 7.43. The quantitative estimate of drug-likeness (QED) is 0.910. The lowest BCUT2D eigenvalue weighted by Gasteiger charge is -2.29. The second-order valence-electron chi connectivity index (χ2n) is 6.99. The van der Waals surface area contributed by atoms with E-state index < -0.39 is 6.04 Å². The Morgan fingerprint density at radius 1 is 1.23 bits per heavy atom. The van der Waals surface area contributed by atoms with Gasteiger partial charge in [-0.1, -0.05) is 0 Å². The van der Waals surface area contributed by atoms with Crippen molar-refractivity contribution < 1.29 is 9.59 Å². The van der Waals surface area contributed by atoms with Crippen molar-refractivity contribution in [3.05, 3.63) is 23.0 Å². The Bertz CT molecular complexity index is 836. The summed E-state index contributed by atoms with van der Waals surface area (Å²) in [6.07, 6.45) is 3.23. The van der Waals surface area contributed by atoms with E-state index in [0.29, 0.717) is 17.8 Å². The molecule has 3 rings (SSSR count). The number of fused-ring (bicyclic) bond motifs is 1. The standard InChI is InChI=1S/C19H27N5O2/c1-5-24-17-16(13(3)22-24)15(11-12(2)20-17)18(25)21-14(4)19(26)23-9-7-6-8-10-23/h11,14H,5-10H2,1-4H3,(H,21,25). The van der Waals surface area contributed by atoms with Gasteiger partial charge >= 0.3 is 0 Å². The van der Waals surface area contributed by atoms with Crippen LogP contribution in [0.2, 0.25) is 0 Å². The zero-order chi connectivity index (χ0) is 18.8. The molecule has 7 heteroatoms. The molecule has 2 aromatic rings. The third kappa shape index (κ3) is 3.43. The van der Waals surface area contributed by atoms with E-state index in [4.69, 9.17) is 0 Å². The van der Waals surface area contributed by atoms with Gasteiger partial charge in [0.1, 0.15) is 6.04 Å². The minimum Gasteiger partial charge on any atom is -0.341 e. The molecule has 1 aliphatic rings. The number of nitrogens with one attached hydrogen (secondary N) is 1. The number of aromatic nitrogens is 3. The van der Waals surface area contributed by atoms with E-state index in [0.717, 1.165) is 42.7 Å². The molecule has 3 heterocycles. The van der Waals surface area contributed by atoms with E-state index in [1.165, 1.54) is 6.42 Å². The molecule has 0 aliphatic carbocycles. The molecule has 7 nitrogen and oxygen atoms in total. The minimum atomic E-state index is -0.550. The number of amides is 2. The van der Waals surface area contributed by atoms with Gasteiger partial charge in [-0.2, -0.15) is 5.10 Å². The highest BCUT2D eigenvalue weighted by Crippen LogP contribution is 2.22. The lowest BCUT2D eigenvalue weighted by atomic mass is 10.1. The molecule has 0 spiro atoms. The maximum Gasteiger partial charge on any atom is 0.252 e. The first kappa shape index (κ1) is 18.4. The number of hydrogen-bond acceptors (Lipinski definition) is 4. The van der Waals surface area contributed by atoms with Crippen molar-refractivity contribution in [1.29, 1.82) is 0 Å². The molecule has 1 aliphatic heterocycles. The Morgan fingerprint density at radius 2 is 1.92 bits per heavy atom. The molecule has 1 fully saturated rings. The predicted octanol–water partition coefficient (Wildman–Crippen LogP) is 2.20. The summed E-state index contributed by atoms with van der Waals surface area (Å²) in [6, 6.07) is 1.22. The van der Waals surface area contributed by atoms with Gasteiger partial charge in [-0.25, -0.2) is 9.67 Å². The van der Waals surface area contributed by atoms with E-state index in [1.807, 2.05) is 25.7 Å². The summed E-state index contributed by atoms with van der Waals surface area (Å²) in [6.45, 7) is 9.73. The van der Waals surface area contributed by atoms with E-state index in [9.17, 15) is 9.59 Å². The van der Waals surface area contributed by atoms with E-state index >= 15 is 0 Å². The first-order chi connectivity index (χ1) is 12.4. The summed E-state index contributed by atoms with van der Waals surface area (Å²) in [7, 11) is 0. The average Bonchev–Trinajstić information content (AvgIpc) is 2.96. The fourth-order valence-electron chi connectivity index (χ4n) is 3.60.